The molecule has 0 fully saturated rings. The van der Waals surface area contributed by atoms with Gasteiger partial charge in [-0.25, -0.2) is 4.79 Å². The first-order chi connectivity index (χ1) is 8.63. The van der Waals surface area contributed by atoms with E-state index < -0.39 is 5.97 Å². The number of anilines is 1. The molecule has 0 aliphatic heterocycles. The molecule has 0 saturated carbocycles. The van der Waals surface area contributed by atoms with Crippen LogP contribution in [-0.2, 0) is 4.74 Å². The number of aromatic nitrogens is 2. The van der Waals surface area contributed by atoms with E-state index in [1.54, 1.807) is 31.2 Å². The summed E-state index contributed by atoms with van der Waals surface area (Å²) in [6, 6.07) is 6.98. The minimum atomic E-state index is -0.480. The highest BCUT2D eigenvalue weighted by Crippen LogP contribution is 2.29. The molecule has 1 heterocycles. The second-order valence-corrected chi connectivity index (χ2v) is 4.02. The number of nitrogens with two attached hydrogens (primary N) is 1. The van der Waals surface area contributed by atoms with Crippen LogP contribution < -0.4 is 5.73 Å². The summed E-state index contributed by atoms with van der Waals surface area (Å²) < 4.78 is 4.94. The van der Waals surface area contributed by atoms with E-state index in [1.807, 2.05) is 0 Å². The number of nitrogen functional groups attached to an aromatic ring is 1. The maximum Gasteiger partial charge on any atom is 0.357 e. The molecule has 5 nitrogen and oxygen atoms in total. The Labute approximate surface area is 109 Å². The van der Waals surface area contributed by atoms with Crippen LogP contribution in [0.5, 0.6) is 0 Å². The van der Waals surface area contributed by atoms with Gasteiger partial charge in [0.2, 0.25) is 0 Å². The predicted octanol–water partition coefficient (Wildman–Crippen LogP) is 2.49. The number of nitrogens with zero attached hydrogens (tertiary/aromatic N) is 1. The minimum Gasteiger partial charge on any atom is -0.461 e. The van der Waals surface area contributed by atoms with Crippen molar-refractivity contribution in [3.8, 4) is 11.1 Å². The minimum absolute atomic E-state index is 0.247. The molecule has 2 rings (SSSR count). The fourth-order valence-corrected chi connectivity index (χ4v) is 1.74. The summed E-state index contributed by atoms with van der Waals surface area (Å²) in [5.74, 6) is -0.230. The quantitative estimate of drug-likeness (QED) is 0.836. The van der Waals surface area contributed by atoms with E-state index in [0.717, 1.165) is 5.56 Å². The molecule has 2 aromatic rings. The summed E-state index contributed by atoms with van der Waals surface area (Å²) in [4.78, 5) is 11.7. The van der Waals surface area contributed by atoms with Crippen LogP contribution in [0.3, 0.4) is 0 Å². The van der Waals surface area contributed by atoms with Gasteiger partial charge < -0.3 is 10.5 Å². The zero-order valence-electron chi connectivity index (χ0n) is 9.74. The lowest BCUT2D eigenvalue weighted by molar-refractivity contribution is 0.0520. The van der Waals surface area contributed by atoms with Crippen molar-refractivity contribution in [1.29, 1.82) is 0 Å². The van der Waals surface area contributed by atoms with E-state index in [1.165, 1.54) is 0 Å². The van der Waals surface area contributed by atoms with Crippen LogP contribution in [0.15, 0.2) is 24.3 Å². The van der Waals surface area contributed by atoms with Crippen molar-refractivity contribution in [3.63, 3.8) is 0 Å². The molecule has 0 saturated heterocycles. The van der Waals surface area contributed by atoms with Crippen molar-refractivity contribution in [3.05, 3.63) is 35.0 Å². The molecule has 94 valence electrons. The SMILES string of the molecule is CCOC(=O)c1[nH]nc(N)c1-c1ccc(Cl)cc1. The van der Waals surface area contributed by atoms with Gasteiger partial charge in [0.1, 0.15) is 0 Å². The largest absolute Gasteiger partial charge is 0.461 e. The second kappa shape index (κ2) is 5.10. The first-order valence-corrected chi connectivity index (χ1v) is 5.78. The zero-order chi connectivity index (χ0) is 13.1. The Hall–Kier alpha value is -2.01. The smallest absolute Gasteiger partial charge is 0.357 e. The normalized spacial score (nSPS) is 10.3. The third kappa shape index (κ3) is 2.31. The molecule has 0 amide bonds. The molecule has 18 heavy (non-hydrogen) atoms. The van der Waals surface area contributed by atoms with Crippen molar-refractivity contribution in [2.45, 2.75) is 6.92 Å². The highest BCUT2D eigenvalue weighted by molar-refractivity contribution is 6.30. The summed E-state index contributed by atoms with van der Waals surface area (Å²) >= 11 is 5.82. The number of rotatable bonds is 3. The highest BCUT2D eigenvalue weighted by Gasteiger charge is 2.20. The average Bonchev–Trinajstić information content (AvgIpc) is 2.73. The number of esters is 1. The van der Waals surface area contributed by atoms with Gasteiger partial charge in [-0.2, -0.15) is 5.10 Å². The molecule has 0 atom stereocenters. The fraction of sp³-hybridized carbons (Fsp3) is 0.167. The molecular formula is C12H12ClN3O2. The van der Waals surface area contributed by atoms with Gasteiger partial charge in [-0.3, -0.25) is 5.10 Å². The summed E-state index contributed by atoms with van der Waals surface area (Å²) in [7, 11) is 0. The van der Waals surface area contributed by atoms with Gasteiger partial charge in [0.05, 0.1) is 12.2 Å². The molecule has 0 aliphatic carbocycles. The number of carbonyl (C=O) groups is 1. The number of nitrogens with one attached hydrogen (secondary N) is 1. The number of ether oxygens (including phenoxy) is 1. The van der Waals surface area contributed by atoms with Crippen molar-refractivity contribution in [2.75, 3.05) is 12.3 Å². The molecule has 1 aromatic carbocycles. The van der Waals surface area contributed by atoms with E-state index in [-0.39, 0.29) is 18.1 Å². The van der Waals surface area contributed by atoms with E-state index >= 15 is 0 Å². The van der Waals surface area contributed by atoms with Crippen LogP contribution in [0.4, 0.5) is 5.82 Å². The predicted molar refractivity (Wildman–Crippen MR) is 69.4 cm³/mol. The molecule has 1 aromatic heterocycles. The van der Waals surface area contributed by atoms with E-state index in [4.69, 9.17) is 22.1 Å². The van der Waals surface area contributed by atoms with E-state index in [2.05, 4.69) is 10.2 Å². The summed E-state index contributed by atoms with van der Waals surface area (Å²) in [6.45, 7) is 2.03. The van der Waals surface area contributed by atoms with Gasteiger partial charge in [0, 0.05) is 5.02 Å². The number of H-pyrrole nitrogens is 1. The van der Waals surface area contributed by atoms with Gasteiger partial charge >= 0.3 is 5.97 Å². The lowest BCUT2D eigenvalue weighted by Gasteiger charge is -2.04. The summed E-state index contributed by atoms with van der Waals surface area (Å²) in [6.07, 6.45) is 0. The van der Waals surface area contributed by atoms with Gasteiger partial charge in [-0.05, 0) is 24.6 Å². The molecular weight excluding hydrogens is 254 g/mol. The molecule has 0 radical (unpaired) electrons. The summed E-state index contributed by atoms with van der Waals surface area (Å²) in [5.41, 5.74) is 7.30. The number of hydrogen-bond donors (Lipinski definition) is 2. The number of benzene rings is 1. The Balaban J connectivity index is 2.46. The van der Waals surface area contributed by atoms with Crippen LogP contribution in [0, 0.1) is 0 Å². The second-order valence-electron chi connectivity index (χ2n) is 3.59. The van der Waals surface area contributed by atoms with Crippen LogP contribution >= 0.6 is 11.6 Å². The molecule has 0 bridgehead atoms. The highest BCUT2D eigenvalue weighted by atomic mass is 35.5. The molecule has 6 heteroatoms. The molecule has 0 aliphatic rings. The Kier molecular flexibility index (Phi) is 3.53. The Morgan fingerprint density at radius 2 is 2.11 bits per heavy atom. The number of halogens is 1. The van der Waals surface area contributed by atoms with Crippen LogP contribution in [0.2, 0.25) is 5.02 Å². The first kappa shape index (κ1) is 12.4. The standard InChI is InChI=1S/C12H12ClN3O2/c1-2-18-12(17)10-9(11(14)16-15-10)7-3-5-8(13)6-4-7/h3-6H,2H2,1H3,(H3,14,15,16). The lowest BCUT2D eigenvalue weighted by Crippen LogP contribution is -2.06. The third-order valence-electron chi connectivity index (χ3n) is 2.41. The van der Waals surface area contributed by atoms with Crippen molar-refractivity contribution in [2.24, 2.45) is 0 Å². The van der Waals surface area contributed by atoms with Crippen molar-refractivity contribution >= 4 is 23.4 Å². The lowest BCUT2D eigenvalue weighted by atomic mass is 10.1. The van der Waals surface area contributed by atoms with Crippen LogP contribution in [0.1, 0.15) is 17.4 Å². The van der Waals surface area contributed by atoms with Gasteiger partial charge in [0.25, 0.3) is 0 Å². The van der Waals surface area contributed by atoms with Crippen LogP contribution in [-0.4, -0.2) is 22.8 Å². The van der Waals surface area contributed by atoms with Crippen molar-refractivity contribution < 1.29 is 9.53 Å². The van der Waals surface area contributed by atoms with E-state index in [0.29, 0.717) is 10.6 Å². The number of hydrogen-bond acceptors (Lipinski definition) is 4. The topological polar surface area (TPSA) is 81.0 Å². The van der Waals surface area contributed by atoms with Gasteiger partial charge in [0.15, 0.2) is 11.5 Å². The maximum absolute atomic E-state index is 11.7. The van der Waals surface area contributed by atoms with Crippen LogP contribution in [0.25, 0.3) is 11.1 Å². The average molecular weight is 266 g/mol. The Morgan fingerprint density at radius 1 is 1.44 bits per heavy atom. The Bertz CT molecular complexity index is 563. The number of aromatic amines is 1. The first-order valence-electron chi connectivity index (χ1n) is 5.40. The van der Waals surface area contributed by atoms with E-state index in [9.17, 15) is 4.79 Å². The fourth-order valence-electron chi connectivity index (χ4n) is 1.62. The van der Waals surface area contributed by atoms with Gasteiger partial charge in [-0.1, -0.05) is 23.7 Å². The zero-order valence-corrected chi connectivity index (χ0v) is 10.5. The van der Waals surface area contributed by atoms with Gasteiger partial charge in [-0.15, -0.1) is 0 Å². The van der Waals surface area contributed by atoms with Crippen molar-refractivity contribution in [1.82, 2.24) is 10.2 Å². The molecule has 0 unspecified atom stereocenters. The number of carbonyl (C=O) groups excluding carboxylic acids is 1. The molecule has 0 spiro atoms. The maximum atomic E-state index is 11.7. The molecule has 3 N–H and O–H groups in total. The third-order valence-corrected chi connectivity index (χ3v) is 2.66. The summed E-state index contributed by atoms with van der Waals surface area (Å²) in [5, 5.41) is 7.04. The monoisotopic (exact) mass is 265 g/mol. The Morgan fingerprint density at radius 3 is 2.72 bits per heavy atom.